The lowest BCUT2D eigenvalue weighted by molar-refractivity contribution is 0.101. The summed E-state index contributed by atoms with van der Waals surface area (Å²) in [4.78, 5) is 26.5. The summed E-state index contributed by atoms with van der Waals surface area (Å²) in [5, 5.41) is 5.60. The van der Waals surface area contributed by atoms with E-state index in [1.165, 1.54) is 20.2 Å². The maximum Gasteiger partial charge on any atom is 0.411 e. The quantitative estimate of drug-likeness (QED) is 0.843. The summed E-state index contributed by atoms with van der Waals surface area (Å²) in [6.45, 7) is 1.52. The number of rotatable bonds is 4. The molecule has 1 aromatic carbocycles. The number of carbonyl (C=O) groups is 2. The average molecular weight is 285 g/mol. The van der Waals surface area contributed by atoms with Crippen molar-refractivity contribution in [3.63, 3.8) is 0 Å². The Hall–Kier alpha value is -2.89. The standard InChI is InChI=1S/C15H15N3O3/c1-10(19)11-4-3-5-12(8-11)17-14-7-6-13(9-16-14)18-15(20)21-2/h3-9H,1-2H3,(H,16,17)(H,18,20). The van der Waals surface area contributed by atoms with Crippen molar-refractivity contribution < 1.29 is 14.3 Å². The number of ether oxygens (including phenoxy) is 1. The third-order valence-corrected chi connectivity index (χ3v) is 2.74. The molecule has 6 nitrogen and oxygen atoms in total. The molecule has 0 saturated heterocycles. The Morgan fingerprint density at radius 2 is 1.95 bits per heavy atom. The first-order chi connectivity index (χ1) is 10.1. The van der Waals surface area contributed by atoms with Crippen LogP contribution in [0.3, 0.4) is 0 Å². The summed E-state index contributed by atoms with van der Waals surface area (Å²) in [5.41, 5.74) is 1.93. The zero-order chi connectivity index (χ0) is 15.2. The van der Waals surface area contributed by atoms with Crippen LogP contribution in [0.15, 0.2) is 42.6 Å². The Morgan fingerprint density at radius 3 is 2.57 bits per heavy atom. The number of ketones is 1. The molecule has 2 aromatic rings. The number of anilines is 3. The van der Waals surface area contributed by atoms with Gasteiger partial charge in [0.05, 0.1) is 19.0 Å². The van der Waals surface area contributed by atoms with Crippen LogP contribution in [0.1, 0.15) is 17.3 Å². The fraction of sp³-hybridized carbons (Fsp3) is 0.133. The van der Waals surface area contributed by atoms with E-state index < -0.39 is 6.09 Å². The number of carbonyl (C=O) groups excluding carboxylic acids is 2. The molecule has 0 atom stereocenters. The molecular weight excluding hydrogens is 270 g/mol. The third kappa shape index (κ3) is 4.04. The zero-order valence-electron chi connectivity index (χ0n) is 11.7. The fourth-order valence-corrected chi connectivity index (χ4v) is 1.67. The summed E-state index contributed by atoms with van der Waals surface area (Å²) in [5.74, 6) is 0.607. The highest BCUT2D eigenvalue weighted by atomic mass is 16.5. The van der Waals surface area contributed by atoms with Crippen molar-refractivity contribution in [2.45, 2.75) is 6.92 Å². The summed E-state index contributed by atoms with van der Waals surface area (Å²) >= 11 is 0. The maximum atomic E-state index is 11.3. The van der Waals surface area contributed by atoms with Gasteiger partial charge in [-0.3, -0.25) is 10.1 Å². The van der Waals surface area contributed by atoms with Gasteiger partial charge in [-0.05, 0) is 31.2 Å². The molecule has 0 aliphatic carbocycles. The van der Waals surface area contributed by atoms with Crippen LogP contribution < -0.4 is 10.6 Å². The van der Waals surface area contributed by atoms with E-state index in [-0.39, 0.29) is 5.78 Å². The van der Waals surface area contributed by atoms with Crippen LogP contribution in [0.5, 0.6) is 0 Å². The molecule has 2 rings (SSSR count). The van der Waals surface area contributed by atoms with Crippen molar-refractivity contribution in [1.29, 1.82) is 0 Å². The first-order valence-corrected chi connectivity index (χ1v) is 6.27. The largest absolute Gasteiger partial charge is 0.453 e. The minimum Gasteiger partial charge on any atom is -0.453 e. The maximum absolute atomic E-state index is 11.3. The Balaban J connectivity index is 2.08. The van der Waals surface area contributed by atoms with Crippen molar-refractivity contribution in [2.24, 2.45) is 0 Å². The van der Waals surface area contributed by atoms with Gasteiger partial charge in [0.1, 0.15) is 5.82 Å². The molecule has 1 heterocycles. The summed E-state index contributed by atoms with van der Waals surface area (Å²) in [6, 6.07) is 10.6. The van der Waals surface area contributed by atoms with Gasteiger partial charge in [-0.2, -0.15) is 0 Å². The van der Waals surface area contributed by atoms with E-state index in [9.17, 15) is 9.59 Å². The number of hydrogen-bond donors (Lipinski definition) is 2. The topological polar surface area (TPSA) is 80.3 Å². The number of benzene rings is 1. The molecule has 2 N–H and O–H groups in total. The fourth-order valence-electron chi connectivity index (χ4n) is 1.67. The van der Waals surface area contributed by atoms with Gasteiger partial charge in [0.2, 0.25) is 0 Å². The highest BCUT2D eigenvalue weighted by Gasteiger charge is 2.03. The lowest BCUT2D eigenvalue weighted by atomic mass is 10.1. The lowest BCUT2D eigenvalue weighted by Gasteiger charge is -2.08. The number of Topliss-reactive ketones (excluding diaryl/α,β-unsaturated/α-hetero) is 1. The van der Waals surface area contributed by atoms with E-state index >= 15 is 0 Å². The van der Waals surface area contributed by atoms with Gasteiger partial charge in [0.25, 0.3) is 0 Å². The number of aromatic nitrogens is 1. The number of methoxy groups -OCH3 is 1. The summed E-state index contributed by atoms with van der Waals surface area (Å²) in [7, 11) is 1.29. The predicted molar refractivity (Wildman–Crippen MR) is 80.0 cm³/mol. The van der Waals surface area contributed by atoms with E-state index in [1.807, 2.05) is 6.07 Å². The molecule has 1 amide bonds. The van der Waals surface area contributed by atoms with Crippen LogP contribution in [0.4, 0.5) is 22.0 Å². The summed E-state index contributed by atoms with van der Waals surface area (Å²) in [6.07, 6.45) is 0.959. The van der Waals surface area contributed by atoms with Gasteiger partial charge in [0, 0.05) is 11.3 Å². The van der Waals surface area contributed by atoms with Gasteiger partial charge in [-0.15, -0.1) is 0 Å². The van der Waals surface area contributed by atoms with Gasteiger partial charge >= 0.3 is 6.09 Å². The molecule has 0 saturated carbocycles. The van der Waals surface area contributed by atoms with Crippen molar-refractivity contribution in [3.05, 3.63) is 48.2 Å². The van der Waals surface area contributed by atoms with Gasteiger partial charge in [-0.25, -0.2) is 9.78 Å². The Labute approximate surface area is 122 Å². The van der Waals surface area contributed by atoms with Crippen molar-refractivity contribution in [3.8, 4) is 0 Å². The van der Waals surface area contributed by atoms with Crippen molar-refractivity contribution >= 4 is 29.1 Å². The molecule has 21 heavy (non-hydrogen) atoms. The van der Waals surface area contributed by atoms with E-state index in [0.29, 0.717) is 17.1 Å². The molecular formula is C15H15N3O3. The SMILES string of the molecule is COC(=O)Nc1ccc(Nc2cccc(C(C)=O)c2)nc1. The van der Waals surface area contributed by atoms with Crippen LogP contribution >= 0.6 is 0 Å². The second-order valence-electron chi connectivity index (χ2n) is 4.31. The molecule has 1 aromatic heterocycles. The smallest absolute Gasteiger partial charge is 0.411 e. The Kier molecular flexibility index (Phi) is 4.50. The third-order valence-electron chi connectivity index (χ3n) is 2.74. The zero-order valence-corrected chi connectivity index (χ0v) is 11.7. The van der Waals surface area contributed by atoms with E-state index in [1.54, 1.807) is 30.3 Å². The second kappa shape index (κ2) is 6.51. The van der Waals surface area contributed by atoms with Gasteiger partial charge in [0.15, 0.2) is 5.78 Å². The molecule has 108 valence electrons. The first-order valence-electron chi connectivity index (χ1n) is 6.27. The van der Waals surface area contributed by atoms with Crippen LogP contribution in [0.2, 0.25) is 0 Å². The molecule has 0 spiro atoms. The van der Waals surface area contributed by atoms with Crippen LogP contribution in [0, 0.1) is 0 Å². The molecule has 0 fully saturated rings. The minimum absolute atomic E-state index is 0.00392. The minimum atomic E-state index is -0.549. The molecule has 0 radical (unpaired) electrons. The predicted octanol–water partition coefficient (Wildman–Crippen LogP) is 3.21. The highest BCUT2D eigenvalue weighted by Crippen LogP contribution is 2.17. The van der Waals surface area contributed by atoms with E-state index in [2.05, 4.69) is 20.4 Å². The number of hydrogen-bond acceptors (Lipinski definition) is 5. The van der Waals surface area contributed by atoms with Crippen LogP contribution in [0.25, 0.3) is 0 Å². The van der Waals surface area contributed by atoms with E-state index in [4.69, 9.17) is 0 Å². The average Bonchev–Trinajstić information content (AvgIpc) is 2.49. The number of nitrogens with one attached hydrogen (secondary N) is 2. The number of nitrogens with zero attached hydrogens (tertiary/aromatic N) is 1. The van der Waals surface area contributed by atoms with Gasteiger partial charge in [-0.1, -0.05) is 12.1 Å². The molecule has 0 bridgehead atoms. The number of pyridine rings is 1. The van der Waals surface area contributed by atoms with Crippen LogP contribution in [-0.4, -0.2) is 24.0 Å². The monoisotopic (exact) mass is 285 g/mol. The lowest BCUT2D eigenvalue weighted by Crippen LogP contribution is -2.11. The van der Waals surface area contributed by atoms with E-state index in [0.717, 1.165) is 5.69 Å². The number of amides is 1. The normalized spacial score (nSPS) is 9.81. The molecule has 0 unspecified atom stereocenters. The highest BCUT2D eigenvalue weighted by molar-refractivity contribution is 5.95. The van der Waals surface area contributed by atoms with Gasteiger partial charge < -0.3 is 10.1 Å². The molecule has 0 aliphatic rings. The Bertz CT molecular complexity index is 653. The molecule has 0 aliphatic heterocycles. The first kappa shape index (κ1) is 14.5. The second-order valence-corrected chi connectivity index (χ2v) is 4.31. The van der Waals surface area contributed by atoms with Crippen molar-refractivity contribution in [2.75, 3.05) is 17.7 Å². The van der Waals surface area contributed by atoms with Crippen LogP contribution in [-0.2, 0) is 4.74 Å². The van der Waals surface area contributed by atoms with Crippen molar-refractivity contribution in [1.82, 2.24) is 4.98 Å². The molecule has 6 heteroatoms. The summed E-state index contributed by atoms with van der Waals surface area (Å²) < 4.78 is 4.49. The Morgan fingerprint density at radius 1 is 1.14 bits per heavy atom.